The Labute approximate surface area is 283 Å². The third kappa shape index (κ3) is 9.62. The monoisotopic (exact) mass is 679 g/mol. The largest absolute Gasteiger partial charge is 0.547 e. The Balaban J connectivity index is 1.47. The highest BCUT2D eigenvalue weighted by atomic mass is 32.1. The van der Waals surface area contributed by atoms with Crippen molar-refractivity contribution in [2.24, 2.45) is 11.8 Å². The van der Waals surface area contributed by atoms with Crippen LogP contribution in [0.5, 0.6) is 0 Å². The quantitative estimate of drug-likeness (QED) is 0.0593. The normalized spacial score (nSPS) is 12.5. The molecule has 4 rings (SSSR count). The summed E-state index contributed by atoms with van der Waals surface area (Å²) in [6, 6.07) is 16.4. The molecule has 0 atom stereocenters. The van der Waals surface area contributed by atoms with Crippen LogP contribution in [0.15, 0.2) is 69.9 Å². The summed E-state index contributed by atoms with van der Waals surface area (Å²) in [5.74, 6) is 1.27. The molecule has 248 valence electrons. The molecular formula is C37H49NO5S2Si. The zero-order valence-electron chi connectivity index (χ0n) is 28.3. The van der Waals surface area contributed by atoms with Gasteiger partial charge in [-0.1, -0.05) is 39.8 Å². The first-order chi connectivity index (χ1) is 22.2. The molecule has 0 bridgehead atoms. The average molecular weight is 680 g/mol. The molecule has 9 heteroatoms. The van der Waals surface area contributed by atoms with E-state index in [1.54, 1.807) is 22.7 Å². The molecule has 0 aliphatic rings. The average Bonchev–Trinajstić information content (AvgIpc) is 3.69. The van der Waals surface area contributed by atoms with Crippen molar-refractivity contribution >= 4 is 64.8 Å². The maximum atomic E-state index is 13.1. The minimum absolute atomic E-state index is 0.308. The zero-order chi connectivity index (χ0) is 33.1. The van der Waals surface area contributed by atoms with Gasteiger partial charge in [0.05, 0.1) is 10.1 Å². The standard InChI is InChI=1S/C37H49NO5S2Si/c1-8-40-46(41-9-2,42-10-3)36-20-18-32(45-36)14-12-11-13-31-17-19-35(44-31)33-25-29-15-16-30(26-34(29)43-37(33)39)38(23-21-27(4)5)24-22-28(6)7/h11-20,25-28H,8-10,21-24H2,1-7H3. The van der Waals surface area contributed by atoms with Crippen molar-refractivity contribution in [2.75, 3.05) is 37.8 Å². The van der Waals surface area contributed by atoms with E-state index in [0.717, 1.165) is 56.1 Å². The lowest BCUT2D eigenvalue weighted by Gasteiger charge is -2.27. The van der Waals surface area contributed by atoms with Gasteiger partial charge in [-0.05, 0) is 100 Å². The van der Waals surface area contributed by atoms with Crippen LogP contribution in [0.1, 0.15) is 71.1 Å². The van der Waals surface area contributed by atoms with E-state index < -0.39 is 8.80 Å². The van der Waals surface area contributed by atoms with Gasteiger partial charge in [-0.15, -0.1) is 22.7 Å². The van der Waals surface area contributed by atoms with Gasteiger partial charge < -0.3 is 22.6 Å². The van der Waals surface area contributed by atoms with E-state index in [4.69, 9.17) is 17.7 Å². The minimum atomic E-state index is -2.89. The number of hydrogen-bond acceptors (Lipinski definition) is 8. The summed E-state index contributed by atoms with van der Waals surface area (Å²) < 4.78 is 25.1. The number of hydrogen-bond donors (Lipinski definition) is 0. The maximum absolute atomic E-state index is 13.1. The van der Waals surface area contributed by atoms with Gasteiger partial charge in [0.15, 0.2) is 0 Å². The Bertz CT molecular complexity index is 1620. The summed E-state index contributed by atoms with van der Waals surface area (Å²) in [5, 5.41) is 0.930. The Morgan fingerprint density at radius 3 is 1.96 bits per heavy atom. The summed E-state index contributed by atoms with van der Waals surface area (Å²) in [4.78, 5) is 18.6. The van der Waals surface area contributed by atoms with Gasteiger partial charge in [-0.25, -0.2) is 4.79 Å². The maximum Gasteiger partial charge on any atom is 0.547 e. The Kier molecular flexibility index (Phi) is 13.6. The fourth-order valence-corrected chi connectivity index (χ4v) is 10.2. The molecule has 0 fully saturated rings. The number of rotatable bonds is 18. The number of thiophene rings is 2. The van der Waals surface area contributed by atoms with E-state index in [-0.39, 0.29) is 5.63 Å². The Hall–Kier alpha value is -2.79. The van der Waals surface area contributed by atoms with Gasteiger partial charge >= 0.3 is 14.4 Å². The SMILES string of the molecule is CCO[Si](OCC)(OCC)c1ccc(C=CC=Cc2ccc(-c3cc4ccc(N(CCC(C)C)CCC(C)C)cc4oc3=O)s2)s1. The summed E-state index contributed by atoms with van der Waals surface area (Å²) in [7, 11) is -2.89. The van der Waals surface area contributed by atoms with Gasteiger partial charge in [-0.2, -0.15) is 0 Å². The fourth-order valence-electron chi connectivity index (χ4n) is 5.07. The molecule has 0 saturated carbocycles. The second kappa shape index (κ2) is 17.4. The van der Waals surface area contributed by atoms with E-state index in [1.807, 2.05) is 57.2 Å². The fraction of sp³-hybridized carbons (Fsp3) is 0.432. The van der Waals surface area contributed by atoms with Crippen LogP contribution in [0, 0.1) is 11.8 Å². The molecule has 3 heterocycles. The molecule has 0 saturated heterocycles. The van der Waals surface area contributed by atoms with Crippen LogP contribution in [0.3, 0.4) is 0 Å². The van der Waals surface area contributed by atoms with Crippen LogP contribution >= 0.6 is 22.7 Å². The third-order valence-electron chi connectivity index (χ3n) is 7.49. The molecule has 0 aliphatic carbocycles. The van der Waals surface area contributed by atoms with Crippen molar-refractivity contribution in [3.05, 3.63) is 80.9 Å². The molecule has 46 heavy (non-hydrogen) atoms. The van der Waals surface area contributed by atoms with Crippen LogP contribution in [0.4, 0.5) is 5.69 Å². The van der Waals surface area contributed by atoms with Crippen LogP contribution < -0.4 is 15.0 Å². The van der Waals surface area contributed by atoms with Crippen LogP contribution in [0.25, 0.3) is 33.6 Å². The highest BCUT2D eigenvalue weighted by Gasteiger charge is 2.44. The molecule has 1 aromatic carbocycles. The highest BCUT2D eigenvalue weighted by molar-refractivity contribution is 7.24. The molecule has 0 radical (unpaired) electrons. The van der Waals surface area contributed by atoms with Crippen LogP contribution in [-0.4, -0.2) is 41.7 Å². The summed E-state index contributed by atoms with van der Waals surface area (Å²) >= 11 is 3.21. The van der Waals surface area contributed by atoms with E-state index in [0.29, 0.717) is 42.8 Å². The number of allylic oxidation sites excluding steroid dienone is 2. The predicted molar refractivity (Wildman–Crippen MR) is 200 cm³/mol. The number of fused-ring (bicyclic) bond motifs is 1. The summed E-state index contributed by atoms with van der Waals surface area (Å²) in [6.07, 6.45) is 10.4. The van der Waals surface area contributed by atoms with Crippen molar-refractivity contribution < 1.29 is 17.7 Å². The number of nitrogens with zero attached hydrogens (tertiary/aromatic N) is 1. The lowest BCUT2D eigenvalue weighted by Crippen LogP contribution is -2.55. The molecule has 6 nitrogen and oxygen atoms in total. The van der Waals surface area contributed by atoms with Gasteiger partial charge in [0.1, 0.15) is 5.58 Å². The smallest absolute Gasteiger partial charge is 0.422 e. The second-order valence-corrected chi connectivity index (χ2v) is 17.1. The first-order valence-corrected chi connectivity index (χ1v) is 19.8. The Morgan fingerprint density at radius 2 is 1.37 bits per heavy atom. The van der Waals surface area contributed by atoms with Gasteiger partial charge in [0.25, 0.3) is 0 Å². The van der Waals surface area contributed by atoms with Crippen molar-refractivity contribution in [1.82, 2.24) is 0 Å². The van der Waals surface area contributed by atoms with Gasteiger partial charge in [0.2, 0.25) is 0 Å². The lowest BCUT2D eigenvalue weighted by atomic mass is 10.1. The van der Waals surface area contributed by atoms with Gasteiger partial charge in [0, 0.05) is 64.7 Å². The minimum Gasteiger partial charge on any atom is -0.422 e. The highest BCUT2D eigenvalue weighted by Crippen LogP contribution is 2.30. The second-order valence-electron chi connectivity index (χ2n) is 12.0. The molecule has 0 aliphatic heterocycles. The summed E-state index contributed by atoms with van der Waals surface area (Å²) in [6.45, 7) is 18.5. The molecule has 4 aromatic rings. The molecule has 0 N–H and O–H groups in total. The van der Waals surface area contributed by atoms with E-state index in [2.05, 4.69) is 69.0 Å². The first kappa shape index (κ1) is 36.1. The third-order valence-corrected chi connectivity index (χ3v) is 13.3. The predicted octanol–water partition coefficient (Wildman–Crippen LogP) is 9.46. The molecule has 0 amide bonds. The molecule has 3 aromatic heterocycles. The first-order valence-electron chi connectivity index (χ1n) is 16.5. The number of benzene rings is 1. The van der Waals surface area contributed by atoms with Crippen molar-refractivity contribution in [1.29, 1.82) is 0 Å². The van der Waals surface area contributed by atoms with E-state index in [1.165, 1.54) is 0 Å². The number of anilines is 1. The van der Waals surface area contributed by atoms with Crippen molar-refractivity contribution in [3.63, 3.8) is 0 Å². The molecule has 0 spiro atoms. The van der Waals surface area contributed by atoms with Crippen molar-refractivity contribution in [2.45, 2.75) is 61.3 Å². The Morgan fingerprint density at radius 1 is 0.783 bits per heavy atom. The van der Waals surface area contributed by atoms with E-state index in [9.17, 15) is 4.79 Å². The summed E-state index contributed by atoms with van der Waals surface area (Å²) in [5.41, 5.74) is 2.03. The zero-order valence-corrected chi connectivity index (χ0v) is 31.0. The van der Waals surface area contributed by atoms with Crippen molar-refractivity contribution in [3.8, 4) is 10.4 Å². The molecule has 0 unspecified atom stereocenters. The van der Waals surface area contributed by atoms with Crippen LogP contribution in [-0.2, 0) is 13.3 Å². The van der Waals surface area contributed by atoms with E-state index >= 15 is 0 Å². The van der Waals surface area contributed by atoms with Crippen LogP contribution in [0.2, 0.25) is 0 Å². The molecular weight excluding hydrogens is 631 g/mol. The topological polar surface area (TPSA) is 61.1 Å². The van der Waals surface area contributed by atoms with Gasteiger partial charge in [-0.3, -0.25) is 0 Å². The lowest BCUT2D eigenvalue weighted by molar-refractivity contribution is 0.0866.